The second-order valence-corrected chi connectivity index (χ2v) is 8.67. The van der Waals surface area contributed by atoms with Crippen molar-refractivity contribution in [3.05, 3.63) is 107 Å². The molecule has 0 amide bonds. The van der Waals surface area contributed by atoms with Gasteiger partial charge in [-0.3, -0.25) is 4.90 Å². The molecule has 0 radical (unpaired) electrons. The zero-order valence-electron chi connectivity index (χ0n) is 17.2. The molecule has 0 saturated carbocycles. The van der Waals surface area contributed by atoms with Crippen LogP contribution in [-0.2, 0) is 12.3 Å². The maximum absolute atomic E-state index is 2.51. The Labute approximate surface area is 178 Å². The van der Waals surface area contributed by atoms with Crippen LogP contribution in [-0.4, -0.2) is 30.1 Å². The van der Waals surface area contributed by atoms with Crippen molar-refractivity contribution in [1.29, 1.82) is 0 Å². The predicted octanol–water partition coefficient (Wildman–Crippen LogP) is 6.22. The van der Waals surface area contributed by atoms with Crippen LogP contribution in [0.3, 0.4) is 0 Å². The number of thioether (sulfide) groups is 1. The molecule has 148 valence electrons. The van der Waals surface area contributed by atoms with Gasteiger partial charge in [-0.15, -0.1) is 11.8 Å². The smallest absolute Gasteiger partial charge is 0.0720 e. The topological polar surface area (TPSA) is 6.48 Å². The summed E-state index contributed by atoms with van der Waals surface area (Å²) in [4.78, 5) is 4.91. The quantitative estimate of drug-likeness (QED) is 0.485. The van der Waals surface area contributed by atoms with Crippen LogP contribution in [0.4, 0.5) is 0 Å². The molecule has 0 aliphatic carbocycles. The number of benzene rings is 3. The minimum atomic E-state index is 0.967. The summed E-state index contributed by atoms with van der Waals surface area (Å²) in [5.74, 6) is 0.987. The molecule has 2 nitrogen and oxygen atoms in total. The van der Waals surface area contributed by atoms with Crippen LogP contribution in [0.1, 0.15) is 18.1 Å². The summed E-state index contributed by atoms with van der Waals surface area (Å²) >= 11 is 1.96. The fourth-order valence-corrected chi connectivity index (χ4v) is 5.15. The summed E-state index contributed by atoms with van der Waals surface area (Å²) in [7, 11) is 2.21. The minimum Gasteiger partial charge on any atom is -0.356 e. The van der Waals surface area contributed by atoms with Gasteiger partial charge in [-0.05, 0) is 34.8 Å². The molecule has 0 fully saturated rings. The van der Waals surface area contributed by atoms with Crippen molar-refractivity contribution in [2.75, 3.05) is 20.3 Å². The van der Waals surface area contributed by atoms with Crippen molar-refractivity contribution in [1.82, 2.24) is 9.80 Å². The zero-order chi connectivity index (χ0) is 20.1. The molecule has 0 atom stereocenters. The second-order valence-electron chi connectivity index (χ2n) is 7.71. The molecule has 29 heavy (non-hydrogen) atoms. The van der Waals surface area contributed by atoms with Gasteiger partial charge < -0.3 is 4.90 Å². The Morgan fingerprint density at radius 1 is 0.828 bits per heavy atom. The van der Waals surface area contributed by atoms with Gasteiger partial charge >= 0.3 is 0 Å². The average Bonchev–Trinajstić information content (AvgIpc) is 2.75. The van der Waals surface area contributed by atoms with Crippen LogP contribution in [0, 0.1) is 0 Å². The van der Waals surface area contributed by atoms with Crippen molar-refractivity contribution in [2.24, 2.45) is 0 Å². The van der Waals surface area contributed by atoms with Crippen LogP contribution < -0.4 is 0 Å². The SMILES string of the molecule is CC1=C(SCc2ccccc2-c2ccccc2)N(C)CN(Cc2ccccc2)C1. The lowest BCUT2D eigenvalue weighted by molar-refractivity contribution is 0.173. The zero-order valence-corrected chi connectivity index (χ0v) is 18.0. The normalized spacial score (nSPS) is 15.0. The van der Waals surface area contributed by atoms with E-state index < -0.39 is 0 Å². The Hall–Kier alpha value is -2.49. The monoisotopic (exact) mass is 400 g/mol. The van der Waals surface area contributed by atoms with Crippen molar-refractivity contribution >= 4 is 11.8 Å². The van der Waals surface area contributed by atoms with Gasteiger partial charge in [0.2, 0.25) is 0 Å². The molecule has 3 heteroatoms. The molecule has 1 aliphatic rings. The Morgan fingerprint density at radius 3 is 2.21 bits per heavy atom. The van der Waals surface area contributed by atoms with Crippen molar-refractivity contribution < 1.29 is 0 Å². The van der Waals surface area contributed by atoms with E-state index in [0.717, 1.165) is 25.5 Å². The van der Waals surface area contributed by atoms with Gasteiger partial charge in [0.05, 0.1) is 11.7 Å². The summed E-state index contributed by atoms with van der Waals surface area (Å²) in [6, 6.07) is 30.2. The first-order chi connectivity index (χ1) is 14.2. The molecule has 4 rings (SSSR count). The largest absolute Gasteiger partial charge is 0.356 e. The lowest BCUT2D eigenvalue weighted by Gasteiger charge is -2.37. The van der Waals surface area contributed by atoms with E-state index in [4.69, 9.17) is 0 Å². The lowest BCUT2D eigenvalue weighted by Crippen LogP contribution is -2.40. The maximum Gasteiger partial charge on any atom is 0.0720 e. The Balaban J connectivity index is 1.46. The third-order valence-electron chi connectivity index (χ3n) is 5.30. The number of nitrogens with zero attached hydrogens (tertiary/aromatic N) is 2. The Kier molecular flexibility index (Phi) is 6.38. The first-order valence-corrected chi connectivity index (χ1v) is 11.1. The summed E-state index contributed by atoms with van der Waals surface area (Å²) < 4.78 is 0. The van der Waals surface area contributed by atoms with Crippen LogP contribution in [0.15, 0.2) is 95.5 Å². The summed E-state index contributed by atoms with van der Waals surface area (Å²) in [6.45, 7) is 5.27. The molecule has 3 aromatic rings. The first kappa shape index (κ1) is 19.8. The Bertz CT molecular complexity index is 966. The van der Waals surface area contributed by atoms with E-state index in [9.17, 15) is 0 Å². The fraction of sp³-hybridized carbons (Fsp3) is 0.231. The third kappa shape index (κ3) is 4.92. The highest BCUT2D eigenvalue weighted by molar-refractivity contribution is 8.02. The number of hydrogen-bond donors (Lipinski definition) is 0. The van der Waals surface area contributed by atoms with Crippen molar-refractivity contribution in [2.45, 2.75) is 19.2 Å². The summed E-state index contributed by atoms with van der Waals surface area (Å²) in [6.07, 6.45) is 0. The van der Waals surface area contributed by atoms with Gasteiger partial charge in [-0.25, -0.2) is 0 Å². The molecule has 0 spiro atoms. The van der Waals surface area contributed by atoms with E-state index in [-0.39, 0.29) is 0 Å². The van der Waals surface area contributed by atoms with E-state index in [1.165, 1.54) is 32.9 Å². The lowest BCUT2D eigenvalue weighted by atomic mass is 10.0. The number of rotatable bonds is 6. The molecule has 3 aromatic carbocycles. The molecular formula is C26H28N2S. The standard InChI is InChI=1S/C26H28N2S/c1-21-17-28(18-22-11-5-3-6-12-22)20-27(2)26(21)29-19-24-15-9-10-16-25(24)23-13-7-4-8-14-23/h3-16H,17-20H2,1-2H3. The molecule has 0 bridgehead atoms. The molecule has 0 N–H and O–H groups in total. The van der Waals surface area contributed by atoms with Gasteiger partial charge in [-0.1, -0.05) is 84.9 Å². The van der Waals surface area contributed by atoms with Crippen LogP contribution in [0.25, 0.3) is 11.1 Å². The van der Waals surface area contributed by atoms with E-state index in [2.05, 4.69) is 109 Å². The number of hydrogen-bond acceptors (Lipinski definition) is 3. The molecule has 0 aromatic heterocycles. The van der Waals surface area contributed by atoms with Gasteiger partial charge in [0.1, 0.15) is 0 Å². The van der Waals surface area contributed by atoms with Crippen molar-refractivity contribution in [3.8, 4) is 11.1 Å². The van der Waals surface area contributed by atoms with E-state index in [1.807, 2.05) is 11.8 Å². The fourth-order valence-electron chi connectivity index (χ4n) is 4.02. The highest BCUT2D eigenvalue weighted by atomic mass is 32.2. The van der Waals surface area contributed by atoms with E-state index in [0.29, 0.717) is 0 Å². The summed E-state index contributed by atoms with van der Waals surface area (Å²) in [5, 5.41) is 1.41. The maximum atomic E-state index is 2.51. The van der Waals surface area contributed by atoms with Crippen LogP contribution in [0.5, 0.6) is 0 Å². The predicted molar refractivity (Wildman–Crippen MR) is 125 cm³/mol. The van der Waals surface area contributed by atoms with Gasteiger partial charge in [-0.2, -0.15) is 0 Å². The molecule has 0 saturated heterocycles. The second kappa shape index (κ2) is 9.34. The summed E-state index contributed by atoms with van der Waals surface area (Å²) in [5.41, 5.74) is 6.85. The van der Waals surface area contributed by atoms with Crippen LogP contribution in [0.2, 0.25) is 0 Å². The van der Waals surface area contributed by atoms with Gasteiger partial charge in [0, 0.05) is 25.9 Å². The average molecular weight is 401 g/mol. The molecule has 1 heterocycles. The van der Waals surface area contributed by atoms with E-state index >= 15 is 0 Å². The van der Waals surface area contributed by atoms with Crippen molar-refractivity contribution in [3.63, 3.8) is 0 Å². The minimum absolute atomic E-state index is 0.967. The Morgan fingerprint density at radius 2 is 1.48 bits per heavy atom. The van der Waals surface area contributed by atoms with Crippen LogP contribution >= 0.6 is 11.8 Å². The molecule has 0 unspecified atom stereocenters. The first-order valence-electron chi connectivity index (χ1n) is 10.1. The molecular weight excluding hydrogens is 372 g/mol. The third-order valence-corrected chi connectivity index (χ3v) is 6.69. The van der Waals surface area contributed by atoms with Gasteiger partial charge in [0.25, 0.3) is 0 Å². The van der Waals surface area contributed by atoms with E-state index in [1.54, 1.807) is 0 Å². The highest BCUT2D eigenvalue weighted by Crippen LogP contribution is 2.33. The van der Waals surface area contributed by atoms with Gasteiger partial charge in [0.15, 0.2) is 0 Å². The molecule has 1 aliphatic heterocycles. The highest BCUT2D eigenvalue weighted by Gasteiger charge is 2.21.